The molecule has 42 heavy (non-hydrogen) atoms. The summed E-state index contributed by atoms with van der Waals surface area (Å²) >= 11 is 5.97. The highest BCUT2D eigenvalue weighted by Crippen LogP contribution is 2.40. The second-order valence-corrected chi connectivity index (χ2v) is 9.86. The first-order valence-electron chi connectivity index (χ1n) is 12.0. The van der Waals surface area contributed by atoms with Crippen molar-refractivity contribution in [3.8, 4) is 0 Å². The van der Waals surface area contributed by atoms with E-state index in [1.807, 2.05) is 0 Å². The summed E-state index contributed by atoms with van der Waals surface area (Å²) in [6.07, 6.45) is -14.3. The number of pyridine rings is 1. The molecule has 0 aliphatic carbocycles. The van der Waals surface area contributed by atoms with Crippen molar-refractivity contribution in [2.24, 2.45) is 0 Å². The van der Waals surface area contributed by atoms with Crippen molar-refractivity contribution in [2.75, 3.05) is 0 Å². The normalized spacial score (nSPS) is 14.1. The SMILES string of the molecule is Fc1cc(C(F)(F)F)cc(C(Cc2ccccc2)(NCc2cc(C(F)(F)F)cc(C(F)(F)F)c2)c2ccc(Cl)cn2)c1. The molecule has 0 aliphatic rings. The summed E-state index contributed by atoms with van der Waals surface area (Å²) < 4.78 is 137. The molecular weight excluding hydrogens is 602 g/mol. The first-order valence-corrected chi connectivity index (χ1v) is 12.4. The third kappa shape index (κ3) is 7.22. The zero-order chi connectivity index (χ0) is 30.9. The molecule has 0 bridgehead atoms. The zero-order valence-corrected chi connectivity index (χ0v) is 21.9. The molecule has 13 heteroatoms. The second kappa shape index (κ2) is 11.6. The monoisotopic (exact) mass is 620 g/mol. The van der Waals surface area contributed by atoms with Gasteiger partial charge in [-0.1, -0.05) is 41.9 Å². The Hall–Kier alpha value is -3.64. The minimum atomic E-state index is -5.13. The van der Waals surface area contributed by atoms with Crippen LogP contribution >= 0.6 is 11.6 Å². The summed E-state index contributed by atoms with van der Waals surface area (Å²) in [5.74, 6) is -1.27. The van der Waals surface area contributed by atoms with Crippen LogP contribution in [0.3, 0.4) is 0 Å². The maximum Gasteiger partial charge on any atom is 0.416 e. The number of rotatable bonds is 7. The van der Waals surface area contributed by atoms with Crippen LogP contribution in [0.15, 0.2) is 85.1 Å². The van der Waals surface area contributed by atoms with Crippen LogP contribution in [0.2, 0.25) is 5.02 Å². The van der Waals surface area contributed by atoms with Gasteiger partial charge < -0.3 is 0 Å². The van der Waals surface area contributed by atoms with Gasteiger partial charge in [-0.15, -0.1) is 0 Å². The van der Waals surface area contributed by atoms with E-state index in [-0.39, 0.29) is 34.8 Å². The molecule has 0 fully saturated rings. The maximum atomic E-state index is 14.7. The molecule has 0 radical (unpaired) electrons. The van der Waals surface area contributed by atoms with Crippen LogP contribution < -0.4 is 5.32 Å². The predicted molar refractivity (Wildman–Crippen MR) is 135 cm³/mol. The summed E-state index contributed by atoms with van der Waals surface area (Å²) in [5.41, 5.74) is -6.72. The molecule has 1 aromatic heterocycles. The number of alkyl halides is 9. The lowest BCUT2D eigenvalue weighted by atomic mass is 9.79. The van der Waals surface area contributed by atoms with Crippen LogP contribution in [0, 0.1) is 5.82 Å². The van der Waals surface area contributed by atoms with Crippen molar-refractivity contribution in [2.45, 2.75) is 37.0 Å². The highest BCUT2D eigenvalue weighted by molar-refractivity contribution is 6.30. The number of hydrogen-bond donors (Lipinski definition) is 1. The lowest BCUT2D eigenvalue weighted by molar-refractivity contribution is -0.143. The van der Waals surface area contributed by atoms with E-state index in [1.165, 1.54) is 12.1 Å². The molecule has 222 valence electrons. The average molecular weight is 621 g/mol. The van der Waals surface area contributed by atoms with Gasteiger partial charge in [-0.25, -0.2) is 4.39 Å². The van der Waals surface area contributed by atoms with Gasteiger partial charge in [0.05, 0.1) is 32.9 Å². The van der Waals surface area contributed by atoms with Crippen LogP contribution in [-0.2, 0) is 37.0 Å². The molecule has 4 aromatic rings. The Kier molecular flexibility index (Phi) is 8.62. The van der Waals surface area contributed by atoms with E-state index in [0.717, 1.165) is 12.3 Å². The van der Waals surface area contributed by atoms with Crippen molar-refractivity contribution < 1.29 is 43.9 Å². The van der Waals surface area contributed by atoms with Gasteiger partial charge in [-0.3, -0.25) is 10.3 Å². The smallest absolute Gasteiger partial charge is 0.298 e. The highest BCUT2D eigenvalue weighted by atomic mass is 35.5. The van der Waals surface area contributed by atoms with E-state index < -0.39 is 58.7 Å². The largest absolute Gasteiger partial charge is 0.416 e. The molecule has 0 saturated heterocycles. The molecule has 0 saturated carbocycles. The quantitative estimate of drug-likeness (QED) is 0.208. The fourth-order valence-corrected chi connectivity index (χ4v) is 4.61. The van der Waals surface area contributed by atoms with Gasteiger partial charge in [0, 0.05) is 19.2 Å². The number of aromatic nitrogens is 1. The molecule has 4 rings (SSSR count). The Morgan fingerprint density at radius 1 is 0.619 bits per heavy atom. The van der Waals surface area contributed by atoms with E-state index >= 15 is 0 Å². The van der Waals surface area contributed by atoms with Gasteiger partial charge in [0.2, 0.25) is 0 Å². The van der Waals surface area contributed by atoms with Crippen LogP contribution in [0.25, 0.3) is 0 Å². The number of halogens is 11. The summed E-state index contributed by atoms with van der Waals surface area (Å²) in [5, 5.41) is 2.97. The number of benzene rings is 3. The molecule has 1 heterocycles. The molecule has 1 atom stereocenters. The summed E-state index contributed by atoms with van der Waals surface area (Å²) in [4.78, 5) is 4.21. The predicted octanol–water partition coefficient (Wildman–Crippen LogP) is 9.21. The van der Waals surface area contributed by atoms with Crippen molar-refractivity contribution in [3.63, 3.8) is 0 Å². The molecule has 1 N–H and O–H groups in total. The van der Waals surface area contributed by atoms with Crippen LogP contribution in [0.5, 0.6) is 0 Å². The Bertz CT molecular complexity index is 1500. The van der Waals surface area contributed by atoms with E-state index in [2.05, 4.69) is 10.3 Å². The van der Waals surface area contributed by atoms with E-state index in [0.29, 0.717) is 23.8 Å². The van der Waals surface area contributed by atoms with E-state index in [1.54, 1.807) is 30.3 Å². The fourth-order valence-electron chi connectivity index (χ4n) is 4.50. The second-order valence-electron chi connectivity index (χ2n) is 9.42. The van der Waals surface area contributed by atoms with Crippen molar-refractivity contribution >= 4 is 11.6 Å². The number of nitrogens with one attached hydrogen (secondary N) is 1. The standard InChI is InChI=1S/C29H19ClF10N2/c30-23-6-7-25(41-16-23)26(14-17-4-2-1-3-5-17,19-10-22(29(38,39)40)13-24(31)12-19)42-15-18-8-20(27(32,33)34)11-21(9-18)28(35,36)37/h1-13,16,42H,14-15H2. The minimum absolute atomic E-state index is 0.0162. The van der Waals surface area contributed by atoms with Crippen LogP contribution in [0.1, 0.15) is 39.1 Å². The lowest BCUT2D eigenvalue weighted by Crippen LogP contribution is -2.46. The van der Waals surface area contributed by atoms with Gasteiger partial charge in [-0.05, 0) is 65.2 Å². The molecule has 0 aliphatic heterocycles. The first kappa shape index (κ1) is 31.3. The Labute approximate surface area is 238 Å². The minimum Gasteiger partial charge on any atom is -0.298 e. The summed E-state index contributed by atoms with van der Waals surface area (Å²) in [7, 11) is 0. The van der Waals surface area contributed by atoms with Gasteiger partial charge in [0.1, 0.15) is 5.82 Å². The van der Waals surface area contributed by atoms with Gasteiger partial charge in [0.25, 0.3) is 0 Å². The lowest BCUT2D eigenvalue weighted by Gasteiger charge is -2.36. The number of hydrogen-bond acceptors (Lipinski definition) is 2. The Morgan fingerprint density at radius 2 is 1.14 bits per heavy atom. The van der Waals surface area contributed by atoms with Gasteiger partial charge in [-0.2, -0.15) is 39.5 Å². The summed E-state index contributed by atoms with van der Waals surface area (Å²) in [6.45, 7) is -0.706. The third-order valence-corrected chi connectivity index (χ3v) is 6.66. The van der Waals surface area contributed by atoms with Crippen LogP contribution in [0.4, 0.5) is 43.9 Å². The third-order valence-electron chi connectivity index (χ3n) is 6.44. The average Bonchev–Trinajstić information content (AvgIpc) is 2.90. The maximum absolute atomic E-state index is 14.7. The van der Waals surface area contributed by atoms with Crippen molar-refractivity contribution in [1.29, 1.82) is 0 Å². The van der Waals surface area contributed by atoms with Gasteiger partial charge >= 0.3 is 18.5 Å². The topological polar surface area (TPSA) is 24.9 Å². The molecule has 0 spiro atoms. The van der Waals surface area contributed by atoms with Gasteiger partial charge in [0.15, 0.2) is 0 Å². The number of nitrogens with zero attached hydrogens (tertiary/aromatic N) is 1. The molecule has 2 nitrogen and oxygen atoms in total. The van der Waals surface area contributed by atoms with Crippen LogP contribution in [-0.4, -0.2) is 4.98 Å². The highest BCUT2D eigenvalue weighted by Gasteiger charge is 2.41. The van der Waals surface area contributed by atoms with E-state index in [9.17, 15) is 43.9 Å². The fraction of sp³-hybridized carbons (Fsp3) is 0.207. The Balaban J connectivity index is 1.95. The summed E-state index contributed by atoms with van der Waals surface area (Å²) in [6, 6.07) is 13.4. The first-order chi connectivity index (χ1) is 19.5. The molecular formula is C29H19ClF10N2. The van der Waals surface area contributed by atoms with E-state index in [4.69, 9.17) is 11.6 Å². The van der Waals surface area contributed by atoms with Crippen molar-refractivity contribution in [3.05, 3.63) is 135 Å². The molecule has 3 aromatic carbocycles. The van der Waals surface area contributed by atoms with Crippen molar-refractivity contribution in [1.82, 2.24) is 10.3 Å². The zero-order valence-electron chi connectivity index (χ0n) is 21.1. The molecule has 0 amide bonds. The Morgan fingerprint density at radius 3 is 1.67 bits per heavy atom. The molecule has 1 unspecified atom stereocenters.